The number of hydrogen-bond acceptors (Lipinski definition) is 9. The van der Waals surface area contributed by atoms with Crippen LogP contribution in [-0.4, -0.2) is 79.7 Å². The van der Waals surface area contributed by atoms with Gasteiger partial charge in [0.05, 0.1) is 23.6 Å². The smallest absolute Gasteiger partial charge is 0.255 e. The van der Waals surface area contributed by atoms with Crippen LogP contribution in [0.5, 0.6) is 5.75 Å². The lowest BCUT2D eigenvalue weighted by Gasteiger charge is -2.53. The quantitative estimate of drug-likeness (QED) is 0.315. The van der Waals surface area contributed by atoms with Crippen LogP contribution >= 0.6 is 0 Å². The van der Waals surface area contributed by atoms with E-state index in [1.165, 1.54) is 49.3 Å². The van der Waals surface area contributed by atoms with Gasteiger partial charge in [-0.05, 0) is 54.9 Å². The van der Waals surface area contributed by atoms with Crippen LogP contribution in [-0.2, 0) is 9.59 Å². The first-order valence-corrected chi connectivity index (χ1v) is 12.2. The van der Waals surface area contributed by atoms with Crippen LogP contribution in [0.15, 0.2) is 59.1 Å². The fraction of sp³-hybridized carbons (Fsp3) is 0.321. The summed E-state index contributed by atoms with van der Waals surface area (Å²) in [5.41, 5.74) is 2.00. The number of benzene rings is 2. The summed E-state index contributed by atoms with van der Waals surface area (Å²) < 4.78 is 13.6. The normalized spacial score (nSPS) is 30.3. The summed E-state index contributed by atoms with van der Waals surface area (Å²) in [6, 6.07) is 6.91. The molecular formula is C28H27FN2O8. The van der Waals surface area contributed by atoms with E-state index in [0.717, 1.165) is 0 Å². The summed E-state index contributed by atoms with van der Waals surface area (Å²) >= 11 is 0. The highest BCUT2D eigenvalue weighted by Crippen LogP contribution is 2.56. The van der Waals surface area contributed by atoms with E-state index in [0.29, 0.717) is 16.7 Å². The molecule has 10 nitrogen and oxygen atoms in total. The van der Waals surface area contributed by atoms with Gasteiger partial charge < -0.3 is 31.3 Å². The molecule has 5 rings (SSSR count). The average molecular weight is 539 g/mol. The van der Waals surface area contributed by atoms with Gasteiger partial charge in [-0.1, -0.05) is 25.1 Å². The number of fused-ring (bicyclic) bond motifs is 3. The van der Waals surface area contributed by atoms with E-state index in [4.69, 9.17) is 5.73 Å². The van der Waals surface area contributed by atoms with E-state index in [2.05, 4.69) is 0 Å². The molecule has 0 aliphatic heterocycles. The van der Waals surface area contributed by atoms with Crippen molar-refractivity contribution in [1.29, 1.82) is 0 Å². The molecular weight excluding hydrogens is 511 g/mol. The number of likely N-dealkylation sites (N-methyl/N-ethyl adjacent to an activating group) is 1. The lowest BCUT2D eigenvalue weighted by Crippen LogP contribution is -2.68. The molecule has 2 aromatic rings. The van der Waals surface area contributed by atoms with E-state index in [-0.39, 0.29) is 5.56 Å². The predicted octanol–water partition coefficient (Wildman–Crippen LogP) is 1.46. The standard InChI is InChI=1S/C28H27FN2O8/c1-10-15-13(11-4-6-12(29)7-5-11)8-9-14(32)17(15)22(33)18-16(10)23(34)20-21(31(2)3)24(35)19(27(30)38)26(37)28(20,39)25(18)36/h4-10,16,20-21,23,32,34-36,39H,1-3H3,(H2,30,38)/t10-,16+,20-,21-,23+,28+/m1/s1. The number of phenols is 1. The van der Waals surface area contributed by atoms with Crippen molar-refractivity contribution in [3.05, 3.63) is 76.0 Å². The molecule has 0 saturated heterocycles. The van der Waals surface area contributed by atoms with Crippen molar-refractivity contribution in [3.8, 4) is 16.9 Å². The molecule has 0 fully saturated rings. The fourth-order valence-corrected chi connectivity index (χ4v) is 6.58. The number of primary amides is 1. The summed E-state index contributed by atoms with van der Waals surface area (Å²) in [6.45, 7) is 1.64. The van der Waals surface area contributed by atoms with Gasteiger partial charge in [0.15, 0.2) is 11.4 Å². The van der Waals surface area contributed by atoms with Crippen molar-refractivity contribution in [2.75, 3.05) is 14.1 Å². The highest BCUT2D eigenvalue weighted by atomic mass is 19.1. The minimum Gasteiger partial charge on any atom is -0.510 e. The SMILES string of the molecule is C[C@@H]1c2c(-c3ccc(F)cc3)ccc(O)c2C(=O)C2=C(O)[C@]3(O)C(=O)C(C(N)=O)=C(O)[C@H](N(C)C)[C@@H]3[C@@H](O)[C@H]21. The number of nitrogens with zero attached hydrogens (tertiary/aromatic N) is 1. The van der Waals surface area contributed by atoms with Gasteiger partial charge in [0.1, 0.15) is 28.7 Å². The first-order valence-electron chi connectivity index (χ1n) is 12.2. The predicted molar refractivity (Wildman–Crippen MR) is 135 cm³/mol. The largest absolute Gasteiger partial charge is 0.510 e. The zero-order chi connectivity index (χ0) is 28.7. The number of aliphatic hydroxyl groups is 4. The van der Waals surface area contributed by atoms with E-state index in [9.17, 15) is 44.3 Å². The third kappa shape index (κ3) is 3.40. The Labute approximate surface area is 222 Å². The minimum absolute atomic E-state index is 0.211. The maximum Gasteiger partial charge on any atom is 0.255 e. The molecule has 0 radical (unpaired) electrons. The molecule has 3 aliphatic carbocycles. The molecule has 6 atom stereocenters. The molecule has 0 heterocycles. The van der Waals surface area contributed by atoms with Crippen molar-refractivity contribution >= 4 is 17.5 Å². The molecule has 0 bridgehead atoms. The summed E-state index contributed by atoms with van der Waals surface area (Å²) in [4.78, 5) is 40.8. The number of carbonyl (C=O) groups is 3. The zero-order valence-corrected chi connectivity index (χ0v) is 21.2. The summed E-state index contributed by atoms with van der Waals surface area (Å²) in [5, 5.41) is 56.5. The van der Waals surface area contributed by atoms with Crippen molar-refractivity contribution < 1.29 is 44.3 Å². The maximum atomic E-state index is 13.9. The second kappa shape index (κ2) is 8.73. The third-order valence-corrected chi connectivity index (χ3v) is 8.26. The summed E-state index contributed by atoms with van der Waals surface area (Å²) in [5.74, 6) is -10.1. The number of hydrogen-bond donors (Lipinski definition) is 6. The number of Topliss-reactive ketones (excluding diaryl/α,β-unsaturated/α-hetero) is 2. The van der Waals surface area contributed by atoms with Gasteiger partial charge in [-0.3, -0.25) is 19.3 Å². The number of halogens is 1. The molecule has 11 heteroatoms. The number of nitrogens with two attached hydrogens (primary N) is 1. The highest BCUT2D eigenvalue weighted by molar-refractivity contribution is 6.25. The molecule has 0 spiro atoms. The number of rotatable bonds is 3. The molecule has 0 aromatic heterocycles. The second-order valence-electron chi connectivity index (χ2n) is 10.5. The molecule has 1 amide bonds. The topological polar surface area (TPSA) is 182 Å². The maximum absolute atomic E-state index is 13.9. The average Bonchev–Trinajstić information content (AvgIpc) is 2.86. The Morgan fingerprint density at radius 3 is 2.23 bits per heavy atom. The van der Waals surface area contributed by atoms with E-state index < -0.39 is 87.2 Å². The van der Waals surface area contributed by atoms with Crippen LogP contribution in [0.4, 0.5) is 4.39 Å². The number of aliphatic hydroxyl groups excluding tert-OH is 3. The molecule has 0 unspecified atom stereocenters. The second-order valence-corrected chi connectivity index (χ2v) is 10.5. The van der Waals surface area contributed by atoms with E-state index in [1.807, 2.05) is 0 Å². The molecule has 39 heavy (non-hydrogen) atoms. The molecule has 7 N–H and O–H groups in total. The van der Waals surface area contributed by atoms with Gasteiger partial charge in [0, 0.05) is 11.5 Å². The lowest BCUT2D eigenvalue weighted by atomic mass is 9.55. The van der Waals surface area contributed by atoms with Gasteiger partial charge in [-0.15, -0.1) is 0 Å². The van der Waals surface area contributed by atoms with Crippen molar-refractivity contribution in [1.82, 2.24) is 4.90 Å². The van der Waals surface area contributed by atoms with Gasteiger partial charge in [0.2, 0.25) is 5.78 Å². The van der Waals surface area contributed by atoms with Gasteiger partial charge in [0.25, 0.3) is 5.91 Å². The Bertz CT molecular complexity index is 1510. The van der Waals surface area contributed by atoms with Crippen LogP contribution < -0.4 is 5.73 Å². The zero-order valence-electron chi connectivity index (χ0n) is 21.2. The Balaban J connectivity index is 1.81. The van der Waals surface area contributed by atoms with Crippen molar-refractivity contribution in [2.45, 2.75) is 30.6 Å². The molecule has 2 aromatic carbocycles. The van der Waals surface area contributed by atoms with Crippen LogP contribution in [0.1, 0.15) is 28.8 Å². The highest BCUT2D eigenvalue weighted by Gasteiger charge is 2.67. The summed E-state index contributed by atoms with van der Waals surface area (Å²) in [7, 11) is 2.93. The first kappa shape index (κ1) is 26.5. The number of aromatic hydroxyl groups is 1. The number of carbonyl (C=O) groups excluding carboxylic acids is 3. The van der Waals surface area contributed by atoms with E-state index in [1.54, 1.807) is 13.0 Å². The Morgan fingerprint density at radius 1 is 1.05 bits per heavy atom. The number of amides is 1. The fourth-order valence-electron chi connectivity index (χ4n) is 6.58. The summed E-state index contributed by atoms with van der Waals surface area (Å²) in [6.07, 6.45) is -1.70. The van der Waals surface area contributed by atoms with E-state index >= 15 is 0 Å². The van der Waals surface area contributed by atoms with Crippen molar-refractivity contribution in [3.63, 3.8) is 0 Å². The van der Waals surface area contributed by atoms with Crippen LogP contribution in [0.2, 0.25) is 0 Å². The van der Waals surface area contributed by atoms with Crippen LogP contribution in [0, 0.1) is 17.7 Å². The number of ketones is 2. The monoisotopic (exact) mass is 538 g/mol. The first-order chi connectivity index (χ1) is 18.2. The third-order valence-electron chi connectivity index (χ3n) is 8.26. The Kier molecular flexibility index (Phi) is 5.94. The van der Waals surface area contributed by atoms with Crippen molar-refractivity contribution in [2.24, 2.45) is 17.6 Å². The van der Waals surface area contributed by atoms with Gasteiger partial charge in [-0.2, -0.15) is 0 Å². The van der Waals surface area contributed by atoms with Crippen LogP contribution in [0.25, 0.3) is 11.1 Å². The lowest BCUT2D eigenvalue weighted by molar-refractivity contribution is -0.162. The van der Waals surface area contributed by atoms with Gasteiger partial charge >= 0.3 is 0 Å². The van der Waals surface area contributed by atoms with Crippen LogP contribution in [0.3, 0.4) is 0 Å². The number of phenolic OH excluding ortho intramolecular Hbond substituents is 1. The Hall–Kier alpha value is -4.06. The molecule has 0 saturated carbocycles. The Morgan fingerprint density at radius 2 is 1.67 bits per heavy atom. The molecule has 3 aliphatic rings. The minimum atomic E-state index is -2.98. The van der Waals surface area contributed by atoms with Gasteiger partial charge in [-0.25, -0.2) is 4.39 Å². The molecule has 204 valence electrons.